The molecule has 94 valence electrons. The largest absolute Gasteiger partial charge is 0.465 e. The lowest BCUT2D eigenvalue weighted by atomic mass is 10.2. The van der Waals surface area contributed by atoms with Crippen molar-refractivity contribution in [3.05, 3.63) is 35.9 Å². The van der Waals surface area contributed by atoms with Crippen LogP contribution in [0.3, 0.4) is 0 Å². The van der Waals surface area contributed by atoms with Gasteiger partial charge in [0.15, 0.2) is 0 Å². The average Bonchev–Trinajstić information content (AvgIpc) is 2.36. The number of benzene rings is 1. The molecular weight excluding hydrogens is 234 g/mol. The molecule has 0 bridgehead atoms. The number of carbonyl (C=O) groups excluding carboxylic acids is 1. The van der Waals surface area contributed by atoms with Gasteiger partial charge in [-0.1, -0.05) is 30.3 Å². The lowest BCUT2D eigenvalue weighted by Gasteiger charge is -2.14. The molecule has 0 aliphatic rings. The van der Waals surface area contributed by atoms with Crippen molar-refractivity contribution in [3.63, 3.8) is 0 Å². The topological polar surface area (TPSA) is 52.3 Å². The first-order valence-corrected chi connectivity index (χ1v) is 6.78. The van der Waals surface area contributed by atoms with Crippen molar-refractivity contribution in [2.75, 3.05) is 12.4 Å². The van der Waals surface area contributed by atoms with E-state index in [1.807, 2.05) is 18.2 Å². The van der Waals surface area contributed by atoms with E-state index in [0.29, 0.717) is 17.6 Å². The van der Waals surface area contributed by atoms with Crippen molar-refractivity contribution in [1.29, 1.82) is 0 Å². The van der Waals surface area contributed by atoms with Gasteiger partial charge >= 0.3 is 5.97 Å². The smallest absolute Gasteiger partial charge is 0.323 e. The normalized spacial score (nSPS) is 14.1. The number of hydrogen-bond acceptors (Lipinski definition) is 4. The third kappa shape index (κ3) is 4.79. The van der Waals surface area contributed by atoms with Crippen LogP contribution in [-0.2, 0) is 9.53 Å². The standard InChI is InChI=1S/C13H19NO2S/c1-3-16-13(15)12(14)9-17-10(2)11-7-5-4-6-8-11/h4-8,10,12H,3,9,14H2,1-2H3. The molecule has 2 atom stereocenters. The number of hydrogen-bond donors (Lipinski definition) is 1. The number of ether oxygens (including phenoxy) is 1. The Morgan fingerprint density at radius 2 is 2.06 bits per heavy atom. The summed E-state index contributed by atoms with van der Waals surface area (Å²) in [6, 6.07) is 9.63. The van der Waals surface area contributed by atoms with Gasteiger partial charge in [-0.25, -0.2) is 0 Å². The Kier molecular flexibility index (Phi) is 6.08. The van der Waals surface area contributed by atoms with E-state index in [9.17, 15) is 4.79 Å². The molecule has 1 aromatic rings. The summed E-state index contributed by atoms with van der Waals surface area (Å²) >= 11 is 1.67. The summed E-state index contributed by atoms with van der Waals surface area (Å²) in [5.41, 5.74) is 6.98. The molecule has 1 rings (SSSR count). The van der Waals surface area contributed by atoms with Crippen LogP contribution < -0.4 is 5.73 Å². The van der Waals surface area contributed by atoms with Gasteiger partial charge in [0.1, 0.15) is 6.04 Å². The number of esters is 1. The molecule has 0 fully saturated rings. The Balaban J connectivity index is 2.38. The zero-order chi connectivity index (χ0) is 12.7. The maximum Gasteiger partial charge on any atom is 0.323 e. The monoisotopic (exact) mass is 253 g/mol. The average molecular weight is 253 g/mol. The van der Waals surface area contributed by atoms with Crippen molar-refractivity contribution < 1.29 is 9.53 Å². The van der Waals surface area contributed by atoms with Gasteiger partial charge in [0.05, 0.1) is 6.61 Å². The van der Waals surface area contributed by atoms with E-state index in [1.165, 1.54) is 5.56 Å². The highest BCUT2D eigenvalue weighted by Gasteiger charge is 2.16. The Morgan fingerprint density at radius 1 is 1.41 bits per heavy atom. The molecule has 0 aromatic heterocycles. The fourth-order valence-electron chi connectivity index (χ4n) is 1.39. The van der Waals surface area contributed by atoms with Crippen LogP contribution in [0.4, 0.5) is 0 Å². The summed E-state index contributed by atoms with van der Waals surface area (Å²) in [4.78, 5) is 11.3. The Morgan fingerprint density at radius 3 is 2.65 bits per heavy atom. The summed E-state index contributed by atoms with van der Waals surface area (Å²) in [5, 5.41) is 0.330. The molecule has 2 unspecified atom stereocenters. The third-order valence-electron chi connectivity index (χ3n) is 2.38. The predicted molar refractivity (Wildman–Crippen MR) is 71.9 cm³/mol. The summed E-state index contributed by atoms with van der Waals surface area (Å²) in [7, 11) is 0. The maximum atomic E-state index is 11.3. The third-order valence-corrected chi connectivity index (χ3v) is 3.71. The summed E-state index contributed by atoms with van der Waals surface area (Å²) in [6.07, 6.45) is 0. The van der Waals surface area contributed by atoms with Crippen molar-refractivity contribution in [2.45, 2.75) is 25.1 Å². The molecule has 0 heterocycles. The second kappa shape index (κ2) is 7.35. The van der Waals surface area contributed by atoms with Crippen molar-refractivity contribution >= 4 is 17.7 Å². The van der Waals surface area contributed by atoms with Gasteiger partial charge in [-0.3, -0.25) is 4.79 Å². The summed E-state index contributed by atoms with van der Waals surface area (Å²) < 4.78 is 4.86. The molecular formula is C13H19NO2S. The first kappa shape index (κ1) is 14.1. The minimum absolute atomic E-state index is 0.319. The van der Waals surface area contributed by atoms with Crippen LogP contribution in [0.5, 0.6) is 0 Å². The predicted octanol–water partition coefficient (Wildman–Crippen LogP) is 2.37. The van der Waals surface area contributed by atoms with Crippen LogP contribution in [-0.4, -0.2) is 24.4 Å². The maximum absolute atomic E-state index is 11.3. The summed E-state index contributed by atoms with van der Waals surface area (Å²) in [6.45, 7) is 4.27. The highest BCUT2D eigenvalue weighted by atomic mass is 32.2. The van der Waals surface area contributed by atoms with E-state index in [-0.39, 0.29) is 5.97 Å². The number of nitrogens with two attached hydrogens (primary N) is 1. The molecule has 17 heavy (non-hydrogen) atoms. The molecule has 0 amide bonds. The molecule has 0 saturated heterocycles. The lowest BCUT2D eigenvalue weighted by Crippen LogP contribution is -2.34. The van der Waals surface area contributed by atoms with Gasteiger partial charge in [0.25, 0.3) is 0 Å². The van der Waals surface area contributed by atoms with E-state index in [0.717, 1.165) is 0 Å². The highest BCUT2D eigenvalue weighted by Crippen LogP contribution is 2.27. The van der Waals surface area contributed by atoms with E-state index >= 15 is 0 Å². The molecule has 2 N–H and O–H groups in total. The molecule has 3 nitrogen and oxygen atoms in total. The van der Waals surface area contributed by atoms with Crippen LogP contribution in [0, 0.1) is 0 Å². The van der Waals surface area contributed by atoms with Gasteiger partial charge in [0, 0.05) is 11.0 Å². The van der Waals surface area contributed by atoms with Crippen molar-refractivity contribution in [2.24, 2.45) is 5.73 Å². The van der Waals surface area contributed by atoms with E-state index in [2.05, 4.69) is 19.1 Å². The number of thioether (sulfide) groups is 1. The quantitative estimate of drug-likeness (QED) is 0.791. The molecule has 0 spiro atoms. The fourth-order valence-corrected chi connectivity index (χ4v) is 2.37. The molecule has 0 aliphatic heterocycles. The first-order chi connectivity index (χ1) is 8.15. The molecule has 0 radical (unpaired) electrons. The molecule has 0 saturated carbocycles. The Labute approximate surface area is 107 Å². The fraction of sp³-hybridized carbons (Fsp3) is 0.462. The Hall–Kier alpha value is -1.00. The van der Waals surface area contributed by atoms with Crippen molar-refractivity contribution in [1.82, 2.24) is 0 Å². The second-order valence-corrected chi connectivity index (χ2v) is 5.12. The van der Waals surface area contributed by atoms with Crippen LogP contribution in [0.2, 0.25) is 0 Å². The van der Waals surface area contributed by atoms with Gasteiger partial charge in [-0.2, -0.15) is 11.8 Å². The van der Waals surface area contributed by atoms with Crippen LogP contribution >= 0.6 is 11.8 Å². The van der Waals surface area contributed by atoms with Crippen molar-refractivity contribution in [3.8, 4) is 0 Å². The SMILES string of the molecule is CCOC(=O)C(N)CSC(C)c1ccccc1. The van der Waals surface area contributed by atoms with Crippen LogP contribution in [0.1, 0.15) is 24.7 Å². The van der Waals surface area contributed by atoms with Crippen LogP contribution in [0.15, 0.2) is 30.3 Å². The Bertz CT molecular complexity index is 343. The molecule has 0 aliphatic carbocycles. The zero-order valence-electron chi connectivity index (χ0n) is 10.3. The van der Waals surface area contributed by atoms with Gasteiger partial charge < -0.3 is 10.5 Å². The first-order valence-electron chi connectivity index (χ1n) is 5.74. The van der Waals surface area contributed by atoms with Crippen LogP contribution in [0.25, 0.3) is 0 Å². The van der Waals surface area contributed by atoms with E-state index in [4.69, 9.17) is 10.5 Å². The van der Waals surface area contributed by atoms with Gasteiger partial charge in [-0.05, 0) is 19.4 Å². The molecule has 4 heteroatoms. The van der Waals surface area contributed by atoms with E-state index < -0.39 is 6.04 Å². The second-order valence-electron chi connectivity index (χ2n) is 3.74. The minimum Gasteiger partial charge on any atom is -0.465 e. The number of rotatable bonds is 6. The van der Waals surface area contributed by atoms with Gasteiger partial charge in [0.2, 0.25) is 0 Å². The minimum atomic E-state index is -0.536. The lowest BCUT2D eigenvalue weighted by molar-refractivity contribution is -0.144. The number of carbonyl (C=O) groups is 1. The zero-order valence-corrected chi connectivity index (χ0v) is 11.1. The summed E-state index contributed by atoms with van der Waals surface area (Å²) in [5.74, 6) is 0.259. The van der Waals surface area contributed by atoms with Gasteiger partial charge in [-0.15, -0.1) is 0 Å². The highest BCUT2D eigenvalue weighted by molar-refractivity contribution is 7.99. The molecule has 1 aromatic carbocycles. The van der Waals surface area contributed by atoms with E-state index in [1.54, 1.807) is 18.7 Å².